The predicted octanol–water partition coefficient (Wildman–Crippen LogP) is 4.47. The molecule has 4 nitrogen and oxygen atoms in total. The zero-order chi connectivity index (χ0) is 16.8. The molecule has 0 atom stereocenters. The highest BCUT2D eigenvalue weighted by Gasteiger charge is 2.10. The van der Waals surface area contributed by atoms with E-state index in [9.17, 15) is 4.79 Å². The van der Waals surface area contributed by atoms with Gasteiger partial charge in [-0.15, -0.1) is 11.3 Å². The number of hydrogen-bond acceptors (Lipinski definition) is 4. The number of hydrazone groups is 1. The van der Waals surface area contributed by atoms with E-state index in [1.165, 1.54) is 0 Å². The van der Waals surface area contributed by atoms with E-state index in [1.54, 1.807) is 17.6 Å². The number of rotatable bonds is 6. The lowest BCUT2D eigenvalue weighted by molar-refractivity contribution is -0.123. The summed E-state index contributed by atoms with van der Waals surface area (Å²) in [6.45, 7) is 6.14. The maximum absolute atomic E-state index is 11.8. The number of benzene rings is 1. The van der Waals surface area contributed by atoms with Crippen LogP contribution in [0, 0.1) is 6.92 Å². The number of ether oxygens (including phenoxy) is 1. The fourth-order valence-electron chi connectivity index (χ4n) is 1.98. The second-order valence-corrected chi connectivity index (χ2v) is 7.91. The Kier molecular flexibility index (Phi) is 6.36. The van der Waals surface area contributed by atoms with Crippen LogP contribution in [0.15, 0.2) is 39.2 Å². The third-order valence-corrected chi connectivity index (χ3v) is 4.68. The van der Waals surface area contributed by atoms with Crippen molar-refractivity contribution in [1.29, 1.82) is 0 Å². The minimum absolute atomic E-state index is 0.0609. The molecule has 0 bridgehead atoms. The number of hydrogen-bond donors (Lipinski definition) is 1. The van der Waals surface area contributed by atoms with Gasteiger partial charge in [0.2, 0.25) is 0 Å². The number of nitrogens with one attached hydrogen (secondary N) is 1. The van der Waals surface area contributed by atoms with Crippen LogP contribution < -0.4 is 10.2 Å². The summed E-state index contributed by atoms with van der Waals surface area (Å²) in [5.74, 6) is 0.804. The van der Waals surface area contributed by atoms with Gasteiger partial charge in [-0.1, -0.05) is 26.0 Å². The average molecular weight is 395 g/mol. The Labute approximate surface area is 148 Å². The summed E-state index contributed by atoms with van der Waals surface area (Å²) in [5, 5.41) is 3.93. The van der Waals surface area contributed by atoms with Gasteiger partial charge >= 0.3 is 0 Å². The van der Waals surface area contributed by atoms with Crippen molar-refractivity contribution in [3.63, 3.8) is 0 Å². The maximum atomic E-state index is 11.8. The van der Waals surface area contributed by atoms with Crippen LogP contribution in [0.5, 0.6) is 5.75 Å². The van der Waals surface area contributed by atoms with Crippen LogP contribution in [0.2, 0.25) is 0 Å². The Hall–Kier alpha value is -1.66. The molecule has 0 fully saturated rings. The highest BCUT2D eigenvalue weighted by Crippen LogP contribution is 2.27. The van der Waals surface area contributed by atoms with Gasteiger partial charge in [0, 0.05) is 4.88 Å². The zero-order valence-corrected chi connectivity index (χ0v) is 15.7. The van der Waals surface area contributed by atoms with Gasteiger partial charge in [0.25, 0.3) is 5.91 Å². The monoisotopic (exact) mass is 394 g/mol. The maximum Gasteiger partial charge on any atom is 0.277 e. The highest BCUT2D eigenvalue weighted by molar-refractivity contribution is 9.11. The van der Waals surface area contributed by atoms with Crippen molar-refractivity contribution in [2.75, 3.05) is 6.61 Å². The summed E-state index contributed by atoms with van der Waals surface area (Å²) in [4.78, 5) is 12.8. The summed E-state index contributed by atoms with van der Waals surface area (Å²) < 4.78 is 6.68. The smallest absolute Gasteiger partial charge is 0.277 e. The van der Waals surface area contributed by atoms with Gasteiger partial charge in [0.05, 0.1) is 10.0 Å². The molecule has 0 spiro atoms. The Morgan fingerprint density at radius 2 is 2.17 bits per heavy atom. The van der Waals surface area contributed by atoms with Gasteiger partial charge in [-0.05, 0) is 58.1 Å². The summed E-state index contributed by atoms with van der Waals surface area (Å²) in [6.07, 6.45) is 1.61. The molecule has 1 amide bonds. The Morgan fingerprint density at radius 1 is 1.39 bits per heavy atom. The average Bonchev–Trinajstić information content (AvgIpc) is 2.90. The van der Waals surface area contributed by atoms with Gasteiger partial charge in [0.1, 0.15) is 5.75 Å². The third-order valence-electron chi connectivity index (χ3n) is 3.12. The highest BCUT2D eigenvalue weighted by atomic mass is 79.9. The summed E-state index contributed by atoms with van der Waals surface area (Å²) in [7, 11) is 0. The molecule has 1 heterocycles. The predicted molar refractivity (Wildman–Crippen MR) is 98.5 cm³/mol. The van der Waals surface area contributed by atoms with E-state index in [0.717, 1.165) is 25.5 Å². The Morgan fingerprint density at radius 3 is 2.83 bits per heavy atom. The fourth-order valence-corrected chi connectivity index (χ4v) is 3.28. The van der Waals surface area contributed by atoms with Crippen molar-refractivity contribution in [3.05, 3.63) is 50.1 Å². The second-order valence-electron chi connectivity index (χ2n) is 5.42. The van der Waals surface area contributed by atoms with Crippen molar-refractivity contribution < 1.29 is 9.53 Å². The first-order chi connectivity index (χ1) is 11.0. The van der Waals surface area contributed by atoms with Gasteiger partial charge < -0.3 is 4.74 Å². The summed E-state index contributed by atoms with van der Waals surface area (Å²) >= 11 is 4.92. The van der Waals surface area contributed by atoms with Crippen molar-refractivity contribution in [2.45, 2.75) is 26.7 Å². The molecule has 1 aromatic heterocycles. The molecule has 2 aromatic rings. The van der Waals surface area contributed by atoms with Crippen molar-refractivity contribution in [2.24, 2.45) is 5.10 Å². The van der Waals surface area contributed by atoms with Crippen LogP contribution >= 0.6 is 27.3 Å². The van der Waals surface area contributed by atoms with Crippen LogP contribution in [0.1, 0.15) is 35.8 Å². The molecule has 0 aliphatic heterocycles. The van der Waals surface area contributed by atoms with Gasteiger partial charge in [-0.25, -0.2) is 5.43 Å². The molecular formula is C17H19BrN2O2S. The van der Waals surface area contributed by atoms with E-state index in [4.69, 9.17) is 4.74 Å². The molecule has 0 saturated carbocycles. The second kappa shape index (κ2) is 8.26. The number of thiophene rings is 1. The standard InChI is InChI=1S/C17H19BrN2O2S/c1-11(2)14-6-4-12(3)8-15(14)22-10-17(21)20-19-9-13-5-7-16(18)23-13/h4-9,11H,10H2,1-3H3,(H,20,21)/b19-9-. The number of nitrogens with zero attached hydrogens (tertiary/aromatic N) is 1. The molecule has 23 heavy (non-hydrogen) atoms. The van der Waals surface area contributed by atoms with E-state index in [0.29, 0.717) is 5.92 Å². The van der Waals surface area contributed by atoms with Crippen molar-refractivity contribution in [3.8, 4) is 5.75 Å². The Balaban J connectivity index is 1.89. The number of carbonyl (C=O) groups excluding carboxylic acids is 1. The molecule has 122 valence electrons. The lowest BCUT2D eigenvalue weighted by Gasteiger charge is -2.14. The van der Waals surface area contributed by atoms with E-state index >= 15 is 0 Å². The van der Waals surface area contributed by atoms with Gasteiger partial charge in [0.15, 0.2) is 6.61 Å². The van der Waals surface area contributed by atoms with Crippen LogP contribution in [-0.2, 0) is 4.79 Å². The van der Waals surface area contributed by atoms with Gasteiger partial charge in [-0.3, -0.25) is 4.79 Å². The molecule has 0 unspecified atom stereocenters. The van der Waals surface area contributed by atoms with Crippen LogP contribution in [0.3, 0.4) is 0 Å². The topological polar surface area (TPSA) is 50.7 Å². The minimum Gasteiger partial charge on any atom is -0.483 e. The fraction of sp³-hybridized carbons (Fsp3) is 0.294. The van der Waals surface area contributed by atoms with E-state index in [2.05, 4.69) is 40.3 Å². The molecule has 2 rings (SSSR count). The molecule has 0 saturated heterocycles. The molecule has 0 aliphatic rings. The molecule has 6 heteroatoms. The lowest BCUT2D eigenvalue weighted by atomic mass is 10.0. The molecule has 1 aromatic carbocycles. The number of aryl methyl sites for hydroxylation is 1. The van der Waals surface area contributed by atoms with Crippen LogP contribution in [0.4, 0.5) is 0 Å². The number of halogens is 1. The van der Waals surface area contributed by atoms with Crippen molar-refractivity contribution >= 4 is 39.4 Å². The lowest BCUT2D eigenvalue weighted by Crippen LogP contribution is -2.24. The largest absolute Gasteiger partial charge is 0.483 e. The third kappa shape index (κ3) is 5.48. The Bertz CT molecular complexity index is 710. The first kappa shape index (κ1) is 17.7. The number of amides is 1. The summed E-state index contributed by atoms with van der Waals surface area (Å²) in [5.41, 5.74) is 4.67. The molecule has 1 N–H and O–H groups in total. The van der Waals surface area contributed by atoms with Crippen LogP contribution in [-0.4, -0.2) is 18.7 Å². The van der Waals surface area contributed by atoms with E-state index in [1.807, 2.05) is 37.3 Å². The van der Waals surface area contributed by atoms with Crippen molar-refractivity contribution in [1.82, 2.24) is 5.43 Å². The normalized spacial score (nSPS) is 11.2. The van der Waals surface area contributed by atoms with Crippen LogP contribution in [0.25, 0.3) is 0 Å². The van der Waals surface area contributed by atoms with E-state index < -0.39 is 0 Å². The summed E-state index contributed by atoms with van der Waals surface area (Å²) in [6, 6.07) is 9.89. The minimum atomic E-state index is -0.284. The molecular weight excluding hydrogens is 376 g/mol. The first-order valence-corrected chi connectivity index (χ1v) is 8.87. The quantitative estimate of drug-likeness (QED) is 0.580. The van der Waals surface area contributed by atoms with E-state index in [-0.39, 0.29) is 12.5 Å². The first-order valence-electron chi connectivity index (χ1n) is 7.26. The SMILES string of the molecule is Cc1ccc(C(C)C)c(OCC(=O)N/N=C\c2ccc(Br)s2)c1. The molecule has 0 radical (unpaired) electrons. The molecule has 0 aliphatic carbocycles. The number of carbonyl (C=O) groups is 1. The zero-order valence-electron chi connectivity index (χ0n) is 13.3. The van der Waals surface area contributed by atoms with Gasteiger partial charge in [-0.2, -0.15) is 5.10 Å².